The van der Waals surface area contributed by atoms with Crippen molar-refractivity contribution in [3.05, 3.63) is 59.6 Å². The van der Waals surface area contributed by atoms with E-state index >= 15 is 0 Å². The standard InChI is InChI=1S/C36H42F2N6O4/c1-4-27-29(38)10-9-23-16-26(46)17-31(33(23)27)42-13-11-28-30(21-42)40-35(48-22-36(3)18-24(37)19-44(36)14-15-45)41-34(28)43-12-7-6-8-25(20-43)39-32(47)5-2/h1,5,9-10,16-17,24-25,45-46H,2,6-8,11-15,18-22H2,3H3,(H,39,47)/t24-,25?,36+/m1/s1. The van der Waals surface area contributed by atoms with E-state index in [0.717, 1.165) is 37.2 Å². The van der Waals surface area contributed by atoms with Crippen LogP contribution in [0.4, 0.5) is 20.3 Å². The summed E-state index contributed by atoms with van der Waals surface area (Å²) < 4.78 is 35.7. The van der Waals surface area contributed by atoms with Gasteiger partial charge >= 0.3 is 6.01 Å². The third kappa shape index (κ3) is 6.75. The number of aliphatic hydroxyl groups is 1. The number of likely N-dealkylation sites (tertiary alicyclic amines) is 1. The lowest BCUT2D eigenvalue weighted by atomic mass is 9.98. The highest BCUT2D eigenvalue weighted by Gasteiger charge is 2.43. The van der Waals surface area contributed by atoms with E-state index in [1.165, 1.54) is 12.1 Å². The predicted octanol–water partition coefficient (Wildman–Crippen LogP) is 3.85. The van der Waals surface area contributed by atoms with Crippen molar-refractivity contribution in [2.75, 3.05) is 55.7 Å². The molecule has 3 aliphatic heterocycles. The van der Waals surface area contributed by atoms with E-state index in [1.54, 1.807) is 18.2 Å². The van der Waals surface area contributed by atoms with Gasteiger partial charge in [-0.25, -0.2) is 8.78 Å². The number of nitrogens with zero attached hydrogens (tertiary/aromatic N) is 5. The number of amides is 1. The smallest absolute Gasteiger partial charge is 0.318 e. The second-order valence-electron chi connectivity index (χ2n) is 13.2. The summed E-state index contributed by atoms with van der Waals surface area (Å²) in [7, 11) is 0. The normalized spacial score (nSPS) is 23.0. The monoisotopic (exact) mass is 660 g/mol. The van der Waals surface area contributed by atoms with Gasteiger partial charge in [-0.05, 0) is 56.2 Å². The van der Waals surface area contributed by atoms with E-state index in [9.17, 15) is 23.8 Å². The Morgan fingerprint density at radius 1 is 1.25 bits per heavy atom. The molecule has 1 unspecified atom stereocenters. The van der Waals surface area contributed by atoms with Crippen molar-refractivity contribution in [3.8, 4) is 24.1 Å². The molecule has 3 aliphatic rings. The fourth-order valence-corrected chi connectivity index (χ4v) is 7.41. The summed E-state index contributed by atoms with van der Waals surface area (Å²) in [6.45, 7) is 8.19. The van der Waals surface area contributed by atoms with Crippen LogP contribution in [0.2, 0.25) is 0 Å². The molecule has 4 heterocycles. The number of carbonyl (C=O) groups is 1. The van der Waals surface area contributed by atoms with Gasteiger partial charge in [0, 0.05) is 67.9 Å². The molecule has 0 radical (unpaired) electrons. The third-order valence-corrected chi connectivity index (χ3v) is 9.77. The molecule has 48 heavy (non-hydrogen) atoms. The Labute approximate surface area is 279 Å². The lowest BCUT2D eigenvalue weighted by molar-refractivity contribution is -0.117. The Hall–Kier alpha value is -4.47. The number of nitrogens with one attached hydrogen (secondary N) is 1. The molecule has 2 fully saturated rings. The summed E-state index contributed by atoms with van der Waals surface area (Å²) in [4.78, 5) is 28.1. The summed E-state index contributed by atoms with van der Waals surface area (Å²) in [5.41, 5.74) is 1.72. The summed E-state index contributed by atoms with van der Waals surface area (Å²) in [6.07, 6.45) is 9.47. The molecular formula is C36H42F2N6O4. The van der Waals surface area contributed by atoms with Crippen LogP contribution >= 0.6 is 0 Å². The highest BCUT2D eigenvalue weighted by Crippen LogP contribution is 2.39. The van der Waals surface area contributed by atoms with E-state index in [0.29, 0.717) is 54.8 Å². The van der Waals surface area contributed by atoms with Gasteiger partial charge in [-0.3, -0.25) is 9.69 Å². The number of anilines is 2. The lowest BCUT2D eigenvalue weighted by Gasteiger charge is -2.36. The second-order valence-corrected chi connectivity index (χ2v) is 13.2. The number of fused-ring (bicyclic) bond motifs is 2. The number of carbonyl (C=O) groups excluding carboxylic acids is 1. The second kappa shape index (κ2) is 13.9. The molecule has 3 N–H and O–H groups in total. The van der Waals surface area contributed by atoms with Crippen LogP contribution in [0.5, 0.6) is 11.8 Å². The molecule has 6 rings (SSSR count). The Bertz CT molecular complexity index is 1750. The number of hydrogen-bond donors (Lipinski definition) is 3. The van der Waals surface area contributed by atoms with Crippen LogP contribution in [0.1, 0.15) is 49.4 Å². The first-order valence-electron chi connectivity index (χ1n) is 16.5. The molecule has 1 aromatic heterocycles. The maximum atomic E-state index is 14.9. The minimum atomic E-state index is -1.03. The maximum Gasteiger partial charge on any atom is 0.318 e. The van der Waals surface area contributed by atoms with Crippen LogP contribution in [0, 0.1) is 18.2 Å². The number of benzene rings is 2. The van der Waals surface area contributed by atoms with Gasteiger partial charge in [0.25, 0.3) is 0 Å². The SMILES string of the molecule is C#Cc1c(F)ccc2cc(O)cc(N3CCc4c(nc(OC[C@]5(C)C[C@@H](F)CN5CCO)nc4N4CCCCC(NC(=O)C=C)C4)C3)c12. The Balaban J connectivity index is 1.38. The topological polar surface area (TPSA) is 114 Å². The van der Waals surface area contributed by atoms with Gasteiger partial charge in [-0.1, -0.05) is 18.6 Å². The number of hydrogen-bond acceptors (Lipinski definition) is 9. The van der Waals surface area contributed by atoms with E-state index in [4.69, 9.17) is 21.1 Å². The van der Waals surface area contributed by atoms with Crippen LogP contribution in [0.15, 0.2) is 36.9 Å². The number of aromatic nitrogens is 2. The molecule has 254 valence electrons. The first kappa shape index (κ1) is 33.4. The van der Waals surface area contributed by atoms with Gasteiger partial charge < -0.3 is 30.1 Å². The third-order valence-electron chi connectivity index (χ3n) is 9.77. The fourth-order valence-electron chi connectivity index (χ4n) is 7.41. The first-order valence-corrected chi connectivity index (χ1v) is 16.5. The number of aromatic hydroxyl groups is 1. The number of halogens is 2. The number of ether oxygens (including phenoxy) is 1. The summed E-state index contributed by atoms with van der Waals surface area (Å²) >= 11 is 0. The summed E-state index contributed by atoms with van der Waals surface area (Å²) in [6, 6.07) is 6.11. The van der Waals surface area contributed by atoms with Crippen LogP contribution in [0.25, 0.3) is 10.8 Å². The number of terminal acetylenes is 1. The number of rotatable bonds is 9. The summed E-state index contributed by atoms with van der Waals surface area (Å²) in [5, 5.41) is 24.4. The Morgan fingerprint density at radius 2 is 2.08 bits per heavy atom. The van der Waals surface area contributed by atoms with E-state index < -0.39 is 17.5 Å². The zero-order chi connectivity index (χ0) is 34.0. The molecule has 2 saturated heterocycles. The zero-order valence-electron chi connectivity index (χ0n) is 27.2. The molecule has 0 aliphatic carbocycles. The van der Waals surface area contributed by atoms with Gasteiger partial charge in [0.2, 0.25) is 5.91 Å². The predicted molar refractivity (Wildman–Crippen MR) is 181 cm³/mol. The molecule has 0 saturated carbocycles. The largest absolute Gasteiger partial charge is 0.508 e. The average molecular weight is 661 g/mol. The van der Waals surface area contributed by atoms with Crippen molar-refractivity contribution < 1.29 is 28.5 Å². The molecule has 0 spiro atoms. The van der Waals surface area contributed by atoms with Gasteiger partial charge in [-0.15, -0.1) is 6.42 Å². The quantitative estimate of drug-likeness (QED) is 0.233. The van der Waals surface area contributed by atoms with Gasteiger partial charge in [0.1, 0.15) is 30.2 Å². The Kier molecular flexibility index (Phi) is 9.71. The Morgan fingerprint density at radius 3 is 2.85 bits per heavy atom. The van der Waals surface area contributed by atoms with Crippen molar-refractivity contribution >= 4 is 28.2 Å². The van der Waals surface area contributed by atoms with E-state index in [2.05, 4.69) is 22.7 Å². The van der Waals surface area contributed by atoms with Gasteiger partial charge in [-0.2, -0.15) is 9.97 Å². The molecule has 1 amide bonds. The van der Waals surface area contributed by atoms with Crippen molar-refractivity contribution in [1.82, 2.24) is 20.2 Å². The van der Waals surface area contributed by atoms with Crippen LogP contribution in [-0.4, -0.2) is 94.7 Å². The summed E-state index contributed by atoms with van der Waals surface area (Å²) in [5.74, 6) is 2.50. The van der Waals surface area contributed by atoms with Gasteiger partial charge in [0.15, 0.2) is 0 Å². The minimum Gasteiger partial charge on any atom is -0.508 e. The average Bonchev–Trinajstić information content (AvgIpc) is 3.20. The van der Waals surface area contributed by atoms with Crippen LogP contribution < -0.4 is 19.9 Å². The van der Waals surface area contributed by atoms with Crippen molar-refractivity contribution in [1.29, 1.82) is 0 Å². The van der Waals surface area contributed by atoms with Crippen molar-refractivity contribution in [2.24, 2.45) is 0 Å². The lowest BCUT2D eigenvalue weighted by Crippen LogP contribution is -2.47. The number of phenolic OH excluding ortho intramolecular Hbond substituents is 1. The number of phenols is 1. The molecule has 3 aromatic rings. The molecule has 3 atom stereocenters. The van der Waals surface area contributed by atoms with Gasteiger partial charge in [0.05, 0.1) is 29.9 Å². The van der Waals surface area contributed by atoms with Crippen LogP contribution in [0.3, 0.4) is 0 Å². The van der Waals surface area contributed by atoms with Crippen molar-refractivity contribution in [2.45, 2.75) is 63.3 Å². The molecule has 2 aromatic carbocycles. The number of aliphatic hydroxyl groups excluding tert-OH is 1. The minimum absolute atomic E-state index is 0.0332. The zero-order valence-corrected chi connectivity index (χ0v) is 27.2. The maximum absolute atomic E-state index is 14.9. The molecule has 12 heteroatoms. The number of β-amino-alcohol motifs (C(OH)–C–C–N with tert-alkyl or cyclic N) is 1. The molecule has 10 nitrogen and oxygen atoms in total. The van der Waals surface area contributed by atoms with Crippen LogP contribution in [-0.2, 0) is 17.8 Å². The molecule has 0 bridgehead atoms. The molecular weight excluding hydrogens is 618 g/mol. The highest BCUT2D eigenvalue weighted by molar-refractivity contribution is 6.00. The van der Waals surface area contributed by atoms with Crippen molar-refractivity contribution in [3.63, 3.8) is 0 Å². The van der Waals surface area contributed by atoms with E-state index in [-0.39, 0.29) is 55.5 Å². The number of alkyl halides is 1. The highest BCUT2D eigenvalue weighted by atomic mass is 19.1. The fraction of sp³-hybridized carbons (Fsp3) is 0.472. The first-order chi connectivity index (χ1) is 23.1. The van der Waals surface area contributed by atoms with E-state index in [1.807, 2.05) is 16.7 Å².